The van der Waals surface area contributed by atoms with Crippen LogP contribution in [0.15, 0.2) is 18.2 Å². The standard InChI is InChI=1S/C30H46ClN3O6/c1-21(2)34(22-12-10-15-32(20-22)29(37)40-30(3,4)5)28(36)27-25(31)23-13-9-14-24(39-19-11-17-35)26(23)33(27)16-7-8-18-38-6/h9,13-14,21-22,35H,7-8,10-12,15-20H2,1-6H3/t22-/m1/s1. The van der Waals surface area contributed by atoms with Crippen molar-refractivity contribution in [1.29, 1.82) is 0 Å². The summed E-state index contributed by atoms with van der Waals surface area (Å²) < 4.78 is 18.9. The highest BCUT2D eigenvalue weighted by atomic mass is 35.5. The maximum Gasteiger partial charge on any atom is 0.410 e. The molecule has 2 heterocycles. The third kappa shape index (κ3) is 7.83. The second-order valence-electron chi connectivity index (χ2n) is 11.6. The van der Waals surface area contributed by atoms with Crippen molar-refractivity contribution in [1.82, 2.24) is 14.4 Å². The number of aliphatic hydroxyl groups is 1. The summed E-state index contributed by atoms with van der Waals surface area (Å²) in [5, 5.41) is 10.4. The minimum atomic E-state index is -0.591. The highest BCUT2D eigenvalue weighted by Crippen LogP contribution is 2.38. The Hall–Kier alpha value is -2.49. The molecule has 40 heavy (non-hydrogen) atoms. The maximum absolute atomic E-state index is 14.5. The number of methoxy groups -OCH3 is 1. The van der Waals surface area contributed by atoms with Crippen LogP contribution in [-0.4, -0.2) is 89.2 Å². The molecule has 2 aromatic rings. The van der Waals surface area contributed by atoms with Crippen LogP contribution in [0.5, 0.6) is 5.75 Å². The number of benzene rings is 1. The van der Waals surface area contributed by atoms with Crippen molar-refractivity contribution in [3.63, 3.8) is 0 Å². The summed E-state index contributed by atoms with van der Waals surface area (Å²) >= 11 is 7.00. The Morgan fingerprint density at radius 1 is 1.18 bits per heavy atom. The SMILES string of the molecule is COCCCCn1c(C(=O)N(C(C)C)[C@@H]2CCCN(C(=O)OC(C)(C)C)C2)c(Cl)c2cccc(OCCCO)c21. The molecular formula is C30H46ClN3O6. The van der Waals surface area contributed by atoms with Gasteiger partial charge in [0.15, 0.2) is 0 Å². The number of carbonyl (C=O) groups excluding carboxylic acids is 2. The van der Waals surface area contributed by atoms with Gasteiger partial charge in [0.2, 0.25) is 0 Å². The number of aromatic nitrogens is 1. The molecule has 0 bridgehead atoms. The van der Waals surface area contributed by atoms with E-state index in [1.807, 2.05) is 62.3 Å². The maximum atomic E-state index is 14.5. The quantitative estimate of drug-likeness (QED) is 0.323. The summed E-state index contributed by atoms with van der Waals surface area (Å²) in [4.78, 5) is 30.9. The van der Waals surface area contributed by atoms with E-state index in [2.05, 4.69) is 0 Å². The molecule has 1 aromatic carbocycles. The number of piperidine rings is 1. The van der Waals surface area contributed by atoms with Crippen molar-refractivity contribution in [3.05, 3.63) is 28.9 Å². The van der Waals surface area contributed by atoms with Crippen LogP contribution < -0.4 is 4.74 Å². The molecule has 224 valence electrons. The number of amides is 2. The van der Waals surface area contributed by atoms with Gasteiger partial charge in [-0.05, 0) is 66.4 Å². The third-order valence-electron chi connectivity index (χ3n) is 6.96. The Bertz CT molecular complexity index is 1140. The van der Waals surface area contributed by atoms with Crippen molar-refractivity contribution in [2.75, 3.05) is 40.0 Å². The largest absolute Gasteiger partial charge is 0.491 e. The van der Waals surface area contributed by atoms with Gasteiger partial charge >= 0.3 is 6.09 Å². The van der Waals surface area contributed by atoms with Crippen LogP contribution in [0.25, 0.3) is 10.9 Å². The van der Waals surface area contributed by atoms with Gasteiger partial charge in [0.1, 0.15) is 17.0 Å². The number of fused-ring (bicyclic) bond motifs is 1. The van der Waals surface area contributed by atoms with E-state index in [-0.39, 0.29) is 30.7 Å². The number of likely N-dealkylation sites (tertiary alicyclic amines) is 1. The average Bonchev–Trinajstić information content (AvgIpc) is 3.18. The lowest BCUT2D eigenvalue weighted by molar-refractivity contribution is 0.00733. The highest BCUT2D eigenvalue weighted by molar-refractivity contribution is 6.39. The van der Waals surface area contributed by atoms with Crippen molar-refractivity contribution in [3.8, 4) is 5.75 Å². The highest BCUT2D eigenvalue weighted by Gasteiger charge is 2.36. The topological polar surface area (TPSA) is 93.5 Å². The Morgan fingerprint density at radius 2 is 1.93 bits per heavy atom. The molecule has 9 nitrogen and oxygen atoms in total. The minimum absolute atomic E-state index is 0.0313. The minimum Gasteiger partial charge on any atom is -0.491 e. The van der Waals surface area contributed by atoms with Crippen LogP contribution in [0.2, 0.25) is 5.02 Å². The molecule has 10 heteroatoms. The smallest absolute Gasteiger partial charge is 0.410 e. The van der Waals surface area contributed by atoms with Crippen molar-refractivity contribution < 1.29 is 28.9 Å². The fraction of sp³-hybridized carbons (Fsp3) is 0.667. The molecule has 3 rings (SSSR count). The first-order valence-electron chi connectivity index (χ1n) is 14.3. The van der Waals surface area contributed by atoms with Gasteiger partial charge < -0.3 is 33.7 Å². The number of ether oxygens (including phenoxy) is 3. The molecule has 1 N–H and O–H groups in total. The first-order valence-corrected chi connectivity index (χ1v) is 14.7. The summed E-state index contributed by atoms with van der Waals surface area (Å²) in [7, 11) is 1.68. The average molecular weight is 580 g/mol. The van der Waals surface area contributed by atoms with E-state index >= 15 is 0 Å². The van der Waals surface area contributed by atoms with Crippen LogP contribution >= 0.6 is 11.6 Å². The zero-order valence-electron chi connectivity index (χ0n) is 24.9. The Balaban J connectivity index is 2.01. The number of hydrogen-bond acceptors (Lipinski definition) is 6. The first kappa shape index (κ1) is 32.0. The predicted molar refractivity (Wildman–Crippen MR) is 157 cm³/mol. The molecular weight excluding hydrogens is 534 g/mol. The summed E-state index contributed by atoms with van der Waals surface area (Å²) in [6.07, 6.45) is 3.32. The van der Waals surface area contributed by atoms with E-state index < -0.39 is 5.60 Å². The van der Waals surface area contributed by atoms with Crippen molar-refractivity contribution in [2.24, 2.45) is 0 Å². The van der Waals surface area contributed by atoms with E-state index in [4.69, 9.17) is 25.8 Å². The number of halogens is 1. The lowest BCUT2D eigenvalue weighted by atomic mass is 10.0. The zero-order valence-corrected chi connectivity index (χ0v) is 25.6. The number of unbranched alkanes of at least 4 members (excludes halogenated alkanes) is 1. The first-order chi connectivity index (χ1) is 19.0. The van der Waals surface area contributed by atoms with Gasteiger partial charge in [-0.3, -0.25) is 4.79 Å². The van der Waals surface area contributed by atoms with Gasteiger partial charge in [0.25, 0.3) is 5.91 Å². The molecule has 0 unspecified atom stereocenters. The van der Waals surface area contributed by atoms with Crippen LogP contribution in [0.4, 0.5) is 4.79 Å². The molecule has 1 aliphatic heterocycles. The molecule has 1 fully saturated rings. The zero-order chi connectivity index (χ0) is 29.4. The fourth-order valence-electron chi connectivity index (χ4n) is 5.27. The molecule has 2 amide bonds. The molecule has 1 aromatic heterocycles. The van der Waals surface area contributed by atoms with Gasteiger partial charge in [-0.25, -0.2) is 4.79 Å². The summed E-state index contributed by atoms with van der Waals surface area (Å²) in [5.41, 5.74) is 0.607. The van der Waals surface area contributed by atoms with Crippen LogP contribution in [0, 0.1) is 0 Å². The van der Waals surface area contributed by atoms with Gasteiger partial charge in [-0.1, -0.05) is 23.7 Å². The molecule has 0 aliphatic carbocycles. The van der Waals surface area contributed by atoms with Gasteiger partial charge in [-0.2, -0.15) is 0 Å². The van der Waals surface area contributed by atoms with Crippen molar-refractivity contribution in [2.45, 2.75) is 91.0 Å². The molecule has 1 aliphatic rings. The van der Waals surface area contributed by atoms with Gasteiger partial charge in [-0.15, -0.1) is 0 Å². The lowest BCUT2D eigenvalue weighted by Crippen LogP contribution is -2.54. The molecule has 1 atom stereocenters. The monoisotopic (exact) mass is 579 g/mol. The third-order valence-corrected chi connectivity index (χ3v) is 7.34. The molecule has 0 radical (unpaired) electrons. The summed E-state index contributed by atoms with van der Waals surface area (Å²) in [5.74, 6) is 0.462. The van der Waals surface area contributed by atoms with Crippen LogP contribution in [0.3, 0.4) is 0 Å². The van der Waals surface area contributed by atoms with Crippen LogP contribution in [-0.2, 0) is 16.0 Å². The molecule has 0 spiro atoms. The fourth-order valence-corrected chi connectivity index (χ4v) is 5.60. The van der Waals surface area contributed by atoms with E-state index in [9.17, 15) is 14.7 Å². The van der Waals surface area contributed by atoms with Crippen molar-refractivity contribution >= 4 is 34.5 Å². The van der Waals surface area contributed by atoms with E-state index in [0.717, 1.165) is 36.6 Å². The second-order valence-corrected chi connectivity index (χ2v) is 12.0. The second kappa shape index (κ2) is 14.4. The Kier molecular flexibility index (Phi) is 11.5. The normalized spacial score (nSPS) is 16.0. The Labute approximate surface area is 243 Å². The summed E-state index contributed by atoms with van der Waals surface area (Å²) in [6.45, 7) is 12.1. The lowest BCUT2D eigenvalue weighted by Gasteiger charge is -2.41. The van der Waals surface area contributed by atoms with E-state index in [0.29, 0.717) is 55.7 Å². The number of aliphatic hydroxyl groups excluding tert-OH is 1. The number of aryl methyl sites for hydroxylation is 1. The van der Waals surface area contributed by atoms with Crippen LogP contribution in [0.1, 0.15) is 77.2 Å². The predicted octanol–water partition coefficient (Wildman–Crippen LogP) is 5.73. The van der Waals surface area contributed by atoms with E-state index in [1.54, 1.807) is 12.0 Å². The van der Waals surface area contributed by atoms with Gasteiger partial charge in [0, 0.05) is 57.8 Å². The number of nitrogens with zero attached hydrogens (tertiary/aromatic N) is 3. The summed E-state index contributed by atoms with van der Waals surface area (Å²) in [6, 6.07) is 5.35. The van der Waals surface area contributed by atoms with E-state index in [1.165, 1.54) is 0 Å². The molecule has 0 saturated carbocycles. The Morgan fingerprint density at radius 3 is 2.58 bits per heavy atom. The number of hydrogen-bond donors (Lipinski definition) is 1. The number of carbonyl (C=O) groups is 2. The molecule has 1 saturated heterocycles. The number of rotatable bonds is 12. The number of para-hydroxylation sites is 1. The van der Waals surface area contributed by atoms with Gasteiger partial charge in [0.05, 0.1) is 23.2 Å².